The summed E-state index contributed by atoms with van der Waals surface area (Å²) in [4.78, 5) is 23.3. The summed E-state index contributed by atoms with van der Waals surface area (Å²) in [5.41, 5.74) is 1.69. The number of carbonyl (C=O) groups is 1. The second kappa shape index (κ2) is 7.66. The summed E-state index contributed by atoms with van der Waals surface area (Å²) < 4.78 is 0. The lowest BCUT2D eigenvalue weighted by Crippen LogP contribution is -2.15. The lowest BCUT2D eigenvalue weighted by molar-refractivity contribution is -0.134. The van der Waals surface area contributed by atoms with Crippen molar-refractivity contribution in [1.82, 2.24) is 15.0 Å². The van der Waals surface area contributed by atoms with E-state index in [1.54, 1.807) is 42.7 Å². The van der Waals surface area contributed by atoms with Crippen LogP contribution < -0.4 is 10.6 Å². The molecule has 0 fully saturated rings. The Morgan fingerprint density at radius 1 is 1.12 bits per heavy atom. The molecule has 0 aliphatic heterocycles. The van der Waals surface area contributed by atoms with Crippen LogP contribution in [0.3, 0.4) is 0 Å². The number of anilines is 3. The van der Waals surface area contributed by atoms with Crippen LogP contribution in [0.25, 0.3) is 11.3 Å². The number of hydrogen-bond donors (Lipinski definition) is 4. The zero-order valence-electron chi connectivity index (χ0n) is 13.3. The Hall–Kier alpha value is -3.39. The molecule has 0 aliphatic carbocycles. The van der Waals surface area contributed by atoms with Crippen LogP contribution in [0.4, 0.5) is 17.5 Å². The van der Waals surface area contributed by atoms with Gasteiger partial charge in [0.1, 0.15) is 18.1 Å². The van der Waals surface area contributed by atoms with Gasteiger partial charge in [0.2, 0.25) is 5.95 Å². The van der Waals surface area contributed by atoms with E-state index in [4.69, 9.17) is 16.7 Å². The van der Waals surface area contributed by atoms with Gasteiger partial charge in [-0.25, -0.2) is 4.98 Å². The molecular weight excluding hydrogens is 358 g/mol. The highest BCUT2D eigenvalue weighted by molar-refractivity contribution is 6.31. The Morgan fingerprint density at radius 2 is 1.88 bits per heavy atom. The van der Waals surface area contributed by atoms with Crippen molar-refractivity contribution in [2.45, 2.75) is 0 Å². The minimum atomic E-state index is -1.04. The van der Waals surface area contributed by atoms with Gasteiger partial charge in [0.25, 0.3) is 0 Å². The third-order valence-corrected chi connectivity index (χ3v) is 3.56. The number of halogens is 1. The standard InChI is InChI=1S/C17H14ClN5O3/c18-11-1-2-14(24)13(7-11)21-15-8-12(10-3-5-19-6-4-10)22-17(23-15)20-9-16(25)26/h1-8,24H,9H2,(H,25,26)(H2,20,21,22,23). The van der Waals surface area contributed by atoms with Gasteiger partial charge in [-0.15, -0.1) is 0 Å². The molecule has 8 nitrogen and oxygen atoms in total. The minimum Gasteiger partial charge on any atom is -0.506 e. The fraction of sp³-hybridized carbons (Fsp3) is 0.0588. The van der Waals surface area contributed by atoms with Crippen molar-refractivity contribution in [3.05, 3.63) is 53.8 Å². The number of hydrogen-bond acceptors (Lipinski definition) is 7. The largest absolute Gasteiger partial charge is 0.506 e. The molecule has 2 heterocycles. The molecular formula is C17H14ClN5O3. The smallest absolute Gasteiger partial charge is 0.322 e. The number of nitrogens with one attached hydrogen (secondary N) is 2. The van der Waals surface area contributed by atoms with Gasteiger partial charge in [-0.1, -0.05) is 11.6 Å². The number of carboxylic acids is 1. The van der Waals surface area contributed by atoms with Crippen LogP contribution in [0.5, 0.6) is 5.75 Å². The Labute approximate surface area is 153 Å². The third kappa shape index (κ3) is 4.37. The number of aromatic nitrogens is 3. The molecule has 3 rings (SSSR count). The molecule has 132 valence electrons. The Morgan fingerprint density at radius 3 is 2.62 bits per heavy atom. The molecule has 0 saturated carbocycles. The molecule has 0 bridgehead atoms. The minimum absolute atomic E-state index is 0.00137. The van der Waals surface area contributed by atoms with E-state index in [1.807, 2.05) is 0 Å². The Balaban J connectivity index is 1.98. The maximum absolute atomic E-state index is 10.8. The second-order valence-corrected chi connectivity index (χ2v) is 5.67. The fourth-order valence-electron chi connectivity index (χ4n) is 2.16. The highest BCUT2D eigenvalue weighted by atomic mass is 35.5. The molecule has 3 aromatic rings. The normalized spacial score (nSPS) is 10.3. The number of pyridine rings is 1. The number of benzene rings is 1. The first-order valence-electron chi connectivity index (χ1n) is 7.52. The van der Waals surface area contributed by atoms with Gasteiger partial charge < -0.3 is 20.8 Å². The molecule has 9 heteroatoms. The van der Waals surface area contributed by atoms with Crippen molar-refractivity contribution >= 4 is 35.0 Å². The lowest BCUT2D eigenvalue weighted by Gasteiger charge is -2.12. The van der Waals surface area contributed by atoms with Crippen LogP contribution in [-0.2, 0) is 4.79 Å². The number of aliphatic carboxylic acids is 1. The predicted molar refractivity (Wildman–Crippen MR) is 97.8 cm³/mol. The first-order chi connectivity index (χ1) is 12.5. The van der Waals surface area contributed by atoms with Crippen LogP contribution in [0, 0.1) is 0 Å². The van der Waals surface area contributed by atoms with Gasteiger partial charge in [0.05, 0.1) is 11.4 Å². The SMILES string of the molecule is O=C(O)CNc1nc(Nc2cc(Cl)ccc2O)cc(-c2ccncc2)n1. The van der Waals surface area contributed by atoms with E-state index in [9.17, 15) is 9.90 Å². The van der Waals surface area contributed by atoms with Crippen molar-refractivity contribution in [2.24, 2.45) is 0 Å². The molecule has 4 N–H and O–H groups in total. The van der Waals surface area contributed by atoms with Crippen molar-refractivity contribution < 1.29 is 15.0 Å². The Bertz CT molecular complexity index is 937. The molecule has 0 aliphatic rings. The van der Waals surface area contributed by atoms with Crippen LogP contribution >= 0.6 is 11.6 Å². The quantitative estimate of drug-likeness (QED) is 0.488. The topological polar surface area (TPSA) is 120 Å². The summed E-state index contributed by atoms with van der Waals surface area (Å²) in [6.45, 7) is -0.332. The summed E-state index contributed by atoms with van der Waals surface area (Å²) in [5.74, 6) is -0.550. The lowest BCUT2D eigenvalue weighted by atomic mass is 10.2. The van der Waals surface area contributed by atoms with Crippen molar-refractivity contribution in [3.8, 4) is 17.0 Å². The second-order valence-electron chi connectivity index (χ2n) is 5.23. The van der Waals surface area contributed by atoms with Gasteiger partial charge in [0, 0.05) is 29.0 Å². The van der Waals surface area contributed by atoms with Gasteiger partial charge in [-0.2, -0.15) is 4.98 Å². The van der Waals surface area contributed by atoms with Crippen LogP contribution in [0.2, 0.25) is 5.02 Å². The van der Waals surface area contributed by atoms with E-state index in [2.05, 4.69) is 25.6 Å². The number of phenols is 1. The first kappa shape index (κ1) is 17.4. The Kier molecular flexibility index (Phi) is 5.14. The molecule has 0 saturated heterocycles. The van der Waals surface area contributed by atoms with Gasteiger partial charge in [-0.05, 0) is 30.3 Å². The van der Waals surface area contributed by atoms with Crippen LogP contribution in [-0.4, -0.2) is 37.7 Å². The number of rotatable bonds is 6. The summed E-state index contributed by atoms with van der Waals surface area (Å²) in [6, 6.07) is 9.77. The van der Waals surface area contributed by atoms with E-state index in [0.717, 1.165) is 5.56 Å². The molecule has 26 heavy (non-hydrogen) atoms. The average Bonchev–Trinajstić information content (AvgIpc) is 2.63. The van der Waals surface area contributed by atoms with E-state index >= 15 is 0 Å². The first-order valence-corrected chi connectivity index (χ1v) is 7.90. The van der Waals surface area contributed by atoms with Crippen LogP contribution in [0.15, 0.2) is 48.8 Å². The molecule has 0 radical (unpaired) electrons. The van der Waals surface area contributed by atoms with Crippen molar-refractivity contribution in [1.29, 1.82) is 0 Å². The van der Waals surface area contributed by atoms with E-state index in [0.29, 0.717) is 22.2 Å². The zero-order valence-corrected chi connectivity index (χ0v) is 14.1. The number of aromatic hydroxyl groups is 1. The van der Waals surface area contributed by atoms with E-state index in [1.165, 1.54) is 6.07 Å². The van der Waals surface area contributed by atoms with Gasteiger partial charge in [-0.3, -0.25) is 9.78 Å². The summed E-state index contributed by atoms with van der Waals surface area (Å²) in [5, 5.41) is 24.9. The number of nitrogens with zero attached hydrogens (tertiary/aromatic N) is 3. The highest BCUT2D eigenvalue weighted by Crippen LogP contribution is 2.30. The van der Waals surface area contributed by atoms with Gasteiger partial charge in [0.15, 0.2) is 0 Å². The molecule has 2 aromatic heterocycles. The third-order valence-electron chi connectivity index (χ3n) is 3.32. The van der Waals surface area contributed by atoms with E-state index in [-0.39, 0.29) is 18.2 Å². The van der Waals surface area contributed by atoms with Crippen molar-refractivity contribution in [3.63, 3.8) is 0 Å². The van der Waals surface area contributed by atoms with Crippen molar-refractivity contribution in [2.75, 3.05) is 17.2 Å². The maximum Gasteiger partial charge on any atom is 0.322 e. The molecule has 1 aromatic carbocycles. The van der Waals surface area contributed by atoms with Crippen LogP contribution in [0.1, 0.15) is 0 Å². The number of carboxylic acid groups (broad SMARTS) is 1. The van der Waals surface area contributed by atoms with E-state index < -0.39 is 5.97 Å². The summed E-state index contributed by atoms with van der Waals surface area (Å²) in [7, 11) is 0. The molecule has 0 spiro atoms. The summed E-state index contributed by atoms with van der Waals surface area (Å²) in [6.07, 6.45) is 3.25. The molecule has 0 unspecified atom stereocenters. The number of phenolic OH excluding ortho intramolecular Hbond substituents is 1. The molecule has 0 atom stereocenters. The molecule has 0 amide bonds. The summed E-state index contributed by atoms with van der Waals surface area (Å²) >= 11 is 5.96. The van der Waals surface area contributed by atoms with Gasteiger partial charge >= 0.3 is 5.97 Å². The monoisotopic (exact) mass is 371 g/mol. The predicted octanol–water partition coefficient (Wildman–Crippen LogP) is 3.14. The average molecular weight is 372 g/mol. The maximum atomic E-state index is 10.8. The fourth-order valence-corrected chi connectivity index (χ4v) is 2.33. The zero-order chi connectivity index (χ0) is 18.5. The highest BCUT2D eigenvalue weighted by Gasteiger charge is 2.10.